The summed E-state index contributed by atoms with van der Waals surface area (Å²) in [5.74, 6) is 2.49. The topological polar surface area (TPSA) is 73.0 Å². The van der Waals surface area contributed by atoms with Crippen LogP contribution in [0.15, 0.2) is 54.6 Å². The van der Waals surface area contributed by atoms with Crippen molar-refractivity contribution < 1.29 is 14.4 Å². The van der Waals surface area contributed by atoms with Crippen LogP contribution in [0.25, 0.3) is 0 Å². The first-order valence-corrected chi connectivity index (χ1v) is 12.9. The highest BCUT2D eigenvalue weighted by molar-refractivity contribution is 8.01. The van der Waals surface area contributed by atoms with Gasteiger partial charge in [0.15, 0.2) is 0 Å². The molecule has 0 radical (unpaired) electrons. The maximum Gasteiger partial charge on any atom is 0.322 e. The lowest BCUT2D eigenvalue weighted by molar-refractivity contribution is -0.136. The quantitative estimate of drug-likeness (QED) is 0.652. The number of rotatable bonds is 5. The van der Waals surface area contributed by atoms with Crippen LogP contribution in [0.3, 0.4) is 0 Å². The minimum Gasteiger partial charge on any atom is -0.342 e. The zero-order valence-corrected chi connectivity index (χ0v) is 20.2. The van der Waals surface area contributed by atoms with Crippen LogP contribution in [0.4, 0.5) is 10.5 Å². The number of piperidine rings is 1. The summed E-state index contributed by atoms with van der Waals surface area (Å²) >= 11 is 1.50. The summed E-state index contributed by atoms with van der Waals surface area (Å²) in [6.45, 7) is 1.97. The van der Waals surface area contributed by atoms with Crippen molar-refractivity contribution in [3.05, 3.63) is 65.7 Å². The van der Waals surface area contributed by atoms with Gasteiger partial charge in [-0.3, -0.25) is 9.59 Å². The van der Waals surface area contributed by atoms with Crippen molar-refractivity contribution in [2.75, 3.05) is 25.0 Å². The second-order valence-electron chi connectivity index (χ2n) is 9.09. The molecule has 7 nitrogen and oxygen atoms in total. The Balaban J connectivity index is 1.18. The van der Waals surface area contributed by atoms with Gasteiger partial charge in [0.05, 0.1) is 11.8 Å². The van der Waals surface area contributed by atoms with Crippen LogP contribution in [-0.2, 0) is 16.1 Å². The van der Waals surface area contributed by atoms with Crippen LogP contribution in [0.2, 0.25) is 0 Å². The van der Waals surface area contributed by atoms with E-state index < -0.39 is 5.25 Å². The van der Waals surface area contributed by atoms with E-state index in [9.17, 15) is 14.4 Å². The molecule has 2 aromatic carbocycles. The van der Waals surface area contributed by atoms with Crippen LogP contribution in [0, 0.1) is 12.3 Å². The Morgan fingerprint density at radius 1 is 1.06 bits per heavy atom. The van der Waals surface area contributed by atoms with E-state index in [0.29, 0.717) is 19.6 Å². The smallest absolute Gasteiger partial charge is 0.322 e. The summed E-state index contributed by atoms with van der Waals surface area (Å²) in [5.41, 5.74) is 2.98. The molecule has 0 spiro atoms. The van der Waals surface area contributed by atoms with Crippen molar-refractivity contribution in [1.82, 2.24) is 14.7 Å². The maximum absolute atomic E-state index is 13.1. The van der Waals surface area contributed by atoms with E-state index in [4.69, 9.17) is 6.42 Å². The molecule has 0 saturated carbocycles. The zero-order valence-electron chi connectivity index (χ0n) is 19.4. The van der Waals surface area contributed by atoms with Crippen molar-refractivity contribution in [2.45, 2.75) is 42.5 Å². The molecule has 3 heterocycles. The monoisotopic (exact) mass is 488 g/mol. The molecule has 2 saturated heterocycles. The van der Waals surface area contributed by atoms with E-state index in [1.165, 1.54) is 11.8 Å². The molecule has 2 unspecified atom stereocenters. The van der Waals surface area contributed by atoms with Gasteiger partial charge in [-0.05, 0) is 30.0 Å². The number of hydrogen-bond donors (Lipinski definition) is 1. The highest BCUT2D eigenvalue weighted by Crippen LogP contribution is 2.44. The Hall–Kier alpha value is -3.44. The summed E-state index contributed by atoms with van der Waals surface area (Å²) in [7, 11) is 0. The Labute approximate surface area is 209 Å². The minimum absolute atomic E-state index is 0.0166. The van der Waals surface area contributed by atoms with Gasteiger partial charge < -0.3 is 20.0 Å². The molecular formula is C27H28N4O3S. The van der Waals surface area contributed by atoms with E-state index in [-0.39, 0.29) is 42.2 Å². The number of thioether (sulfide) groups is 1. The second kappa shape index (κ2) is 10.0. The van der Waals surface area contributed by atoms with Gasteiger partial charge in [-0.25, -0.2) is 4.79 Å². The van der Waals surface area contributed by atoms with Gasteiger partial charge >= 0.3 is 6.03 Å². The highest BCUT2D eigenvalue weighted by atomic mass is 32.2. The first-order valence-electron chi connectivity index (χ1n) is 11.9. The second-order valence-corrected chi connectivity index (χ2v) is 10.4. The van der Waals surface area contributed by atoms with Crippen molar-refractivity contribution in [3.63, 3.8) is 0 Å². The number of nitrogens with zero attached hydrogens (tertiary/aromatic N) is 3. The lowest BCUT2D eigenvalue weighted by atomic mass is 10.0. The fourth-order valence-corrected chi connectivity index (χ4v) is 6.53. The van der Waals surface area contributed by atoms with Crippen LogP contribution in [0.1, 0.15) is 35.8 Å². The number of anilines is 1. The van der Waals surface area contributed by atoms with Crippen molar-refractivity contribution >= 4 is 35.3 Å². The standard InChI is InChI=1S/C27H28N4O3S/c1-2-14-30-25(33)23(35-26(30)19-8-4-3-5-9-19)17-24(32)29-15-12-21(13-16-29)31-18-20-10-6-7-11-22(20)28-27(31)34/h1,3-11,21,23,26H,12-18H2,(H,28,34). The predicted octanol–water partition coefficient (Wildman–Crippen LogP) is 3.69. The maximum atomic E-state index is 13.1. The van der Waals surface area contributed by atoms with Crippen LogP contribution in [0.5, 0.6) is 0 Å². The van der Waals surface area contributed by atoms with Crippen LogP contribution < -0.4 is 5.32 Å². The summed E-state index contributed by atoms with van der Waals surface area (Å²) in [4.78, 5) is 44.3. The van der Waals surface area contributed by atoms with Gasteiger partial charge in [-0.1, -0.05) is 54.5 Å². The molecule has 35 heavy (non-hydrogen) atoms. The summed E-state index contributed by atoms with van der Waals surface area (Å²) in [6, 6.07) is 17.6. The molecule has 1 N–H and O–H groups in total. The SMILES string of the molecule is C#CCN1C(=O)C(CC(=O)N2CCC(N3Cc4ccccc4NC3=O)CC2)SC1c1ccccc1. The first-order chi connectivity index (χ1) is 17.0. The Kier molecular flexibility index (Phi) is 6.69. The van der Waals surface area contributed by atoms with Gasteiger partial charge in [0.1, 0.15) is 5.37 Å². The number of carbonyl (C=O) groups is 3. The van der Waals surface area contributed by atoms with Gasteiger partial charge in [-0.2, -0.15) is 0 Å². The molecule has 2 aromatic rings. The molecule has 0 bridgehead atoms. The molecule has 0 aliphatic carbocycles. The fraction of sp³-hybridized carbons (Fsp3) is 0.370. The number of likely N-dealkylation sites (tertiary alicyclic amines) is 1. The van der Waals surface area contributed by atoms with E-state index >= 15 is 0 Å². The zero-order chi connectivity index (χ0) is 24.4. The molecule has 4 amide bonds. The average Bonchev–Trinajstić information content (AvgIpc) is 3.19. The third-order valence-electron chi connectivity index (χ3n) is 6.96. The molecule has 5 rings (SSSR count). The Morgan fingerprint density at radius 2 is 1.77 bits per heavy atom. The number of amides is 4. The molecule has 3 aliphatic rings. The van der Waals surface area contributed by atoms with Crippen LogP contribution in [-0.4, -0.2) is 63.5 Å². The molecule has 2 atom stereocenters. The van der Waals surface area contributed by atoms with E-state index in [1.54, 1.807) is 4.90 Å². The van der Waals surface area contributed by atoms with E-state index in [1.807, 2.05) is 64.4 Å². The molecule has 2 fully saturated rings. The largest absolute Gasteiger partial charge is 0.342 e. The van der Waals surface area contributed by atoms with Crippen molar-refractivity contribution in [2.24, 2.45) is 0 Å². The average molecular weight is 489 g/mol. The number of terminal acetylenes is 1. The number of hydrogen-bond acceptors (Lipinski definition) is 4. The van der Waals surface area contributed by atoms with Crippen molar-refractivity contribution in [1.29, 1.82) is 0 Å². The number of para-hydroxylation sites is 1. The van der Waals surface area contributed by atoms with E-state index in [0.717, 1.165) is 29.7 Å². The lowest BCUT2D eigenvalue weighted by Gasteiger charge is -2.40. The van der Waals surface area contributed by atoms with E-state index in [2.05, 4.69) is 11.2 Å². The number of carbonyl (C=O) groups excluding carboxylic acids is 3. The Morgan fingerprint density at radius 3 is 2.51 bits per heavy atom. The fourth-order valence-electron chi connectivity index (χ4n) is 5.09. The van der Waals surface area contributed by atoms with Crippen molar-refractivity contribution in [3.8, 4) is 12.3 Å². The summed E-state index contributed by atoms with van der Waals surface area (Å²) in [6.07, 6.45) is 7.14. The number of nitrogens with one attached hydrogen (secondary N) is 1. The predicted molar refractivity (Wildman–Crippen MR) is 136 cm³/mol. The minimum atomic E-state index is -0.442. The molecule has 3 aliphatic heterocycles. The molecule has 0 aromatic heterocycles. The normalized spacial score (nSPS) is 22.5. The van der Waals surface area contributed by atoms with Gasteiger partial charge in [0, 0.05) is 37.8 Å². The van der Waals surface area contributed by atoms with Gasteiger partial charge in [0.2, 0.25) is 11.8 Å². The third kappa shape index (κ3) is 4.73. The molecular weight excluding hydrogens is 460 g/mol. The third-order valence-corrected chi connectivity index (χ3v) is 8.44. The number of benzene rings is 2. The Bertz CT molecular complexity index is 1160. The lowest BCUT2D eigenvalue weighted by Crippen LogP contribution is -2.51. The first kappa shape index (κ1) is 23.3. The van der Waals surface area contributed by atoms with Gasteiger partial charge in [0.25, 0.3) is 0 Å². The van der Waals surface area contributed by atoms with Gasteiger partial charge in [-0.15, -0.1) is 18.2 Å². The number of fused-ring (bicyclic) bond motifs is 1. The van der Waals surface area contributed by atoms with Crippen LogP contribution >= 0.6 is 11.8 Å². The summed E-state index contributed by atoms with van der Waals surface area (Å²) in [5, 5.41) is 2.36. The highest BCUT2D eigenvalue weighted by Gasteiger charge is 2.42. The summed E-state index contributed by atoms with van der Waals surface area (Å²) < 4.78 is 0. The molecule has 180 valence electrons. The molecule has 8 heteroatoms. The number of urea groups is 1.